The van der Waals surface area contributed by atoms with Gasteiger partial charge in [0.25, 0.3) is 7.44 Å². The van der Waals surface area contributed by atoms with Crippen molar-refractivity contribution in [2.45, 2.75) is 5.78 Å². The van der Waals surface area contributed by atoms with E-state index in [1.165, 1.54) is 0 Å². The molecule has 9 heteroatoms. The molecule has 2 aliphatic heterocycles. The molecule has 3 aromatic rings. The van der Waals surface area contributed by atoms with Gasteiger partial charge in [-0.15, -0.1) is 0 Å². The Bertz CT molecular complexity index is 1220. The van der Waals surface area contributed by atoms with E-state index in [2.05, 4.69) is 30.2 Å². The number of halogens is 1. The van der Waals surface area contributed by atoms with E-state index in [9.17, 15) is 8.42 Å². The van der Waals surface area contributed by atoms with Gasteiger partial charge < -0.3 is 9.34 Å². The van der Waals surface area contributed by atoms with Crippen LogP contribution in [0.2, 0.25) is 0 Å². The Kier molecular flexibility index (Phi) is 6.60. The molecule has 0 aliphatic carbocycles. The van der Waals surface area contributed by atoms with E-state index in [4.69, 9.17) is 0 Å². The first-order chi connectivity index (χ1) is 16.4. The minimum atomic E-state index is -3.31. The van der Waals surface area contributed by atoms with Crippen LogP contribution in [0.5, 0.6) is 0 Å². The van der Waals surface area contributed by atoms with E-state index in [1.807, 2.05) is 84.9 Å². The molecule has 0 amide bonds. The van der Waals surface area contributed by atoms with Gasteiger partial charge in [-0.25, -0.2) is 8.42 Å². The topological polar surface area (TPSA) is 60.9 Å². The number of anilines is 2. The summed E-state index contributed by atoms with van der Waals surface area (Å²) in [6.07, 6.45) is 0. The largest absolute Gasteiger partial charge is 0.304 e. The molecule has 1 atom stereocenters. The summed E-state index contributed by atoms with van der Waals surface area (Å²) in [5.41, 5.74) is 2.75. The van der Waals surface area contributed by atoms with Crippen LogP contribution in [0.1, 0.15) is 11.3 Å². The van der Waals surface area contributed by atoms with Crippen LogP contribution in [0.3, 0.4) is 0 Å². The van der Waals surface area contributed by atoms with E-state index in [0.717, 1.165) is 21.4 Å². The average Bonchev–Trinajstić information content (AvgIpc) is 3.20. The third kappa shape index (κ3) is 4.44. The lowest BCUT2D eigenvalue weighted by molar-refractivity contribution is 0.267. The summed E-state index contributed by atoms with van der Waals surface area (Å²) in [5, 5.41) is 0. The summed E-state index contributed by atoms with van der Waals surface area (Å²) in [6.45, 7) is 1.96. The van der Waals surface area contributed by atoms with Crippen LogP contribution in [0.4, 0.5) is 11.4 Å². The van der Waals surface area contributed by atoms with Gasteiger partial charge in [-0.3, -0.25) is 9.46 Å². The summed E-state index contributed by atoms with van der Waals surface area (Å²) >= 11 is 3.52. The highest BCUT2D eigenvalue weighted by molar-refractivity contribution is 9.10. The van der Waals surface area contributed by atoms with Crippen LogP contribution < -0.4 is 9.34 Å². The van der Waals surface area contributed by atoms with Crippen LogP contribution in [0.15, 0.2) is 89.4 Å². The number of benzene rings is 3. The lowest BCUT2D eigenvalue weighted by Gasteiger charge is -2.44. The van der Waals surface area contributed by atoms with Gasteiger partial charge in [0.15, 0.2) is 9.84 Å². The number of rotatable bonds is 5. The molecule has 1 unspecified atom stereocenters. The number of hydrogen-bond acceptors (Lipinski definition) is 4. The van der Waals surface area contributed by atoms with Crippen molar-refractivity contribution in [3.05, 3.63) is 95.0 Å². The van der Waals surface area contributed by atoms with Crippen LogP contribution >= 0.6 is 23.4 Å². The monoisotopic (exact) mass is 559 g/mol. The fourth-order valence-electron chi connectivity index (χ4n) is 4.88. The van der Waals surface area contributed by atoms with Crippen LogP contribution in [-0.4, -0.2) is 51.0 Å². The van der Waals surface area contributed by atoms with Gasteiger partial charge in [0.05, 0.1) is 11.5 Å². The summed E-state index contributed by atoms with van der Waals surface area (Å²) in [5.74, 6) is -0.313. The predicted octanol–water partition coefficient (Wildman–Crippen LogP) is 5.40. The Morgan fingerprint density at radius 3 is 1.65 bits per heavy atom. The first-order valence-corrected chi connectivity index (χ1v) is 15.6. The highest BCUT2D eigenvalue weighted by atomic mass is 79.9. The van der Waals surface area contributed by atoms with Gasteiger partial charge in [0.2, 0.25) is 0 Å². The molecule has 34 heavy (non-hydrogen) atoms. The number of para-hydroxylation sites is 2. The van der Waals surface area contributed by atoms with E-state index in [1.54, 1.807) is 0 Å². The van der Waals surface area contributed by atoms with Crippen molar-refractivity contribution >= 4 is 44.6 Å². The quantitative estimate of drug-likeness (QED) is 0.390. The standard InChI is InChI=1S/C25H27BrN3O3PS/c26-22-13-11-21(12-14-22)25(27-17-19-34(31,32)20-18-27)33(30)28(23-7-3-1-4-8-23)15-16-29(33)24-9-5-2-6-10-24/h1-14,25H,15-20H2. The maximum atomic E-state index is 15.6. The van der Waals surface area contributed by atoms with Crippen LogP contribution in [0, 0.1) is 0 Å². The second kappa shape index (κ2) is 9.50. The zero-order valence-corrected chi connectivity index (χ0v) is 22.0. The highest BCUT2D eigenvalue weighted by Gasteiger charge is 2.52. The molecule has 5 rings (SSSR count). The molecule has 0 aromatic heterocycles. The smallest absolute Gasteiger partial charge is 0.284 e. The highest BCUT2D eigenvalue weighted by Crippen LogP contribution is 2.69. The van der Waals surface area contributed by atoms with Crippen molar-refractivity contribution in [3.63, 3.8) is 0 Å². The SMILES string of the molecule is O=P1(C(c2ccc(Br)cc2)N2CCS(=O)(=O)CC2)N(c2ccccc2)CCN1c1ccccc1. The minimum Gasteiger partial charge on any atom is -0.304 e. The molecule has 178 valence electrons. The molecule has 0 saturated carbocycles. The predicted molar refractivity (Wildman–Crippen MR) is 142 cm³/mol. The van der Waals surface area contributed by atoms with E-state index in [-0.39, 0.29) is 11.5 Å². The Balaban J connectivity index is 1.68. The van der Waals surface area contributed by atoms with E-state index >= 15 is 4.57 Å². The van der Waals surface area contributed by atoms with Gasteiger partial charge in [-0.1, -0.05) is 64.5 Å². The summed E-state index contributed by atoms with van der Waals surface area (Å²) in [6, 6.07) is 27.7. The lowest BCUT2D eigenvalue weighted by Crippen LogP contribution is -2.44. The Morgan fingerprint density at radius 1 is 0.706 bits per heavy atom. The first-order valence-electron chi connectivity index (χ1n) is 11.3. The Hall–Kier alpha value is -2.12. The van der Waals surface area contributed by atoms with Crippen molar-refractivity contribution in [2.24, 2.45) is 0 Å². The third-order valence-corrected chi connectivity index (χ3v) is 12.2. The summed E-state index contributed by atoms with van der Waals surface area (Å²) in [4.78, 5) is 2.11. The van der Waals surface area contributed by atoms with Crippen LogP contribution in [0.25, 0.3) is 0 Å². The molecule has 2 fully saturated rings. The minimum absolute atomic E-state index is 0.0801. The maximum absolute atomic E-state index is 15.6. The maximum Gasteiger partial charge on any atom is 0.284 e. The molecule has 6 nitrogen and oxygen atoms in total. The Labute approximate surface area is 209 Å². The van der Waals surface area contributed by atoms with Crippen molar-refractivity contribution in [2.75, 3.05) is 47.0 Å². The zero-order valence-electron chi connectivity index (χ0n) is 18.7. The molecule has 0 N–H and O–H groups in total. The molecular formula is C25H27BrN3O3PS. The van der Waals surface area contributed by atoms with Crippen molar-refractivity contribution in [1.82, 2.24) is 4.90 Å². The van der Waals surface area contributed by atoms with Crippen molar-refractivity contribution < 1.29 is 13.0 Å². The molecule has 2 aliphatic rings. The van der Waals surface area contributed by atoms with E-state index in [0.29, 0.717) is 26.2 Å². The van der Waals surface area contributed by atoms with Gasteiger partial charge in [0, 0.05) is 42.0 Å². The fraction of sp³-hybridized carbons (Fsp3) is 0.280. The second-order valence-corrected chi connectivity index (χ2v) is 14.5. The summed E-state index contributed by atoms with van der Waals surface area (Å²) in [7, 11) is -6.39. The fourth-order valence-corrected chi connectivity index (χ4v) is 10.1. The number of sulfone groups is 1. The second-order valence-electron chi connectivity index (χ2n) is 8.62. The third-order valence-electron chi connectivity index (χ3n) is 6.54. The van der Waals surface area contributed by atoms with Gasteiger partial charge in [-0.2, -0.15) is 0 Å². The lowest BCUT2D eigenvalue weighted by atomic mass is 10.2. The Morgan fingerprint density at radius 2 is 1.18 bits per heavy atom. The molecular weight excluding hydrogens is 533 g/mol. The molecule has 0 radical (unpaired) electrons. The molecule has 3 aromatic carbocycles. The van der Waals surface area contributed by atoms with Gasteiger partial charge >= 0.3 is 0 Å². The average molecular weight is 560 g/mol. The molecule has 2 saturated heterocycles. The zero-order chi connectivity index (χ0) is 23.8. The number of hydrogen-bond donors (Lipinski definition) is 0. The molecule has 2 heterocycles. The van der Waals surface area contributed by atoms with Gasteiger partial charge in [0.1, 0.15) is 5.78 Å². The van der Waals surface area contributed by atoms with Crippen LogP contribution in [-0.2, 0) is 14.4 Å². The van der Waals surface area contributed by atoms with Crippen molar-refractivity contribution in [1.29, 1.82) is 0 Å². The normalized spacial score (nSPS) is 20.9. The summed E-state index contributed by atoms with van der Waals surface area (Å²) < 4.78 is 45.1. The van der Waals surface area contributed by atoms with Gasteiger partial charge in [-0.05, 0) is 42.0 Å². The first kappa shape index (κ1) is 23.6. The number of nitrogens with zero attached hydrogens (tertiary/aromatic N) is 3. The van der Waals surface area contributed by atoms with Crippen molar-refractivity contribution in [3.8, 4) is 0 Å². The molecule has 0 bridgehead atoms. The molecule has 0 spiro atoms. The van der Waals surface area contributed by atoms with E-state index < -0.39 is 23.1 Å².